The molecule has 20 heavy (non-hydrogen) atoms. The predicted octanol–water partition coefficient (Wildman–Crippen LogP) is 3.59. The van der Waals surface area contributed by atoms with Crippen LogP contribution < -0.4 is 5.32 Å². The molecule has 0 radical (unpaired) electrons. The molecule has 1 spiro atoms. The molecule has 2 nitrogen and oxygen atoms in total. The summed E-state index contributed by atoms with van der Waals surface area (Å²) in [4.78, 5) is 2.45. The van der Waals surface area contributed by atoms with Crippen LogP contribution in [0.1, 0.15) is 38.2 Å². The van der Waals surface area contributed by atoms with E-state index in [1.54, 1.807) is 12.1 Å². The lowest BCUT2D eigenvalue weighted by Crippen LogP contribution is -2.62. The predicted molar refractivity (Wildman–Crippen MR) is 80.5 cm³/mol. The Morgan fingerprint density at radius 1 is 1.40 bits per heavy atom. The highest BCUT2D eigenvalue weighted by molar-refractivity contribution is 6.31. The summed E-state index contributed by atoms with van der Waals surface area (Å²) in [7, 11) is 0. The van der Waals surface area contributed by atoms with Gasteiger partial charge >= 0.3 is 0 Å². The highest BCUT2D eigenvalue weighted by Crippen LogP contribution is 2.34. The van der Waals surface area contributed by atoms with E-state index in [0.29, 0.717) is 11.1 Å². The molecule has 1 heterocycles. The maximum absolute atomic E-state index is 13.4. The molecule has 1 aromatic carbocycles. The summed E-state index contributed by atoms with van der Waals surface area (Å²) in [5, 5.41) is 4.40. The summed E-state index contributed by atoms with van der Waals surface area (Å²) in [5.41, 5.74) is 1.18. The zero-order valence-electron chi connectivity index (χ0n) is 12.0. The van der Waals surface area contributed by atoms with Gasteiger partial charge in [-0.1, -0.05) is 24.4 Å². The molecule has 4 heteroatoms. The molecular formula is C16H22ClFN2. The Morgan fingerprint density at radius 3 is 2.90 bits per heavy atom. The molecule has 1 aliphatic carbocycles. The summed E-state index contributed by atoms with van der Waals surface area (Å²) in [5.74, 6) is -0.206. The van der Waals surface area contributed by atoms with Crippen molar-refractivity contribution < 1.29 is 4.39 Å². The van der Waals surface area contributed by atoms with Gasteiger partial charge in [-0.25, -0.2) is 4.39 Å². The van der Waals surface area contributed by atoms with Crippen LogP contribution in [0.4, 0.5) is 4.39 Å². The smallest absolute Gasteiger partial charge is 0.123 e. The first kappa shape index (κ1) is 14.3. The molecule has 1 aliphatic heterocycles. The second kappa shape index (κ2) is 5.63. The summed E-state index contributed by atoms with van der Waals surface area (Å²) >= 11 is 6.21. The molecule has 1 aromatic rings. The second-order valence-corrected chi connectivity index (χ2v) is 6.77. The molecule has 1 saturated carbocycles. The molecule has 1 saturated heterocycles. The van der Waals surface area contributed by atoms with Crippen molar-refractivity contribution in [3.05, 3.63) is 34.6 Å². The summed E-state index contributed by atoms with van der Waals surface area (Å²) in [6.45, 7) is 5.01. The molecule has 0 amide bonds. The van der Waals surface area contributed by atoms with Crippen molar-refractivity contribution in [1.82, 2.24) is 10.2 Å². The fourth-order valence-electron chi connectivity index (χ4n) is 3.58. The van der Waals surface area contributed by atoms with Gasteiger partial charge in [-0.15, -0.1) is 0 Å². The van der Waals surface area contributed by atoms with Crippen LogP contribution in [-0.4, -0.2) is 29.6 Å². The second-order valence-electron chi connectivity index (χ2n) is 6.36. The van der Waals surface area contributed by atoms with Crippen molar-refractivity contribution in [1.29, 1.82) is 0 Å². The Balaban J connectivity index is 1.76. The minimum atomic E-state index is -0.206. The fraction of sp³-hybridized carbons (Fsp3) is 0.625. The van der Waals surface area contributed by atoms with Crippen molar-refractivity contribution in [3.63, 3.8) is 0 Å². The maximum Gasteiger partial charge on any atom is 0.123 e. The third kappa shape index (κ3) is 2.85. The Morgan fingerprint density at radius 2 is 2.15 bits per heavy atom. The standard InChI is InChI=1S/C16H22ClFN2/c1-12-9-19-16(6-2-3-7-16)11-20(12)10-13-8-14(18)4-5-15(13)17/h4-5,8,12,19H,2-3,6-7,9-11H2,1H3. The normalized spacial score (nSPS) is 26.2. The van der Waals surface area contributed by atoms with Gasteiger partial charge in [0, 0.05) is 36.2 Å². The summed E-state index contributed by atoms with van der Waals surface area (Å²) in [6, 6.07) is 5.11. The van der Waals surface area contributed by atoms with E-state index in [2.05, 4.69) is 17.1 Å². The van der Waals surface area contributed by atoms with Crippen molar-refractivity contribution >= 4 is 11.6 Å². The van der Waals surface area contributed by atoms with Crippen molar-refractivity contribution in [2.45, 2.75) is 50.7 Å². The molecule has 3 rings (SSSR count). The number of nitrogens with one attached hydrogen (secondary N) is 1. The van der Waals surface area contributed by atoms with Gasteiger partial charge in [-0.05, 0) is 43.5 Å². The number of halogens is 2. The monoisotopic (exact) mass is 296 g/mol. The topological polar surface area (TPSA) is 15.3 Å². The highest BCUT2D eigenvalue weighted by atomic mass is 35.5. The minimum absolute atomic E-state index is 0.206. The minimum Gasteiger partial charge on any atom is -0.308 e. The zero-order chi connectivity index (χ0) is 14.2. The number of rotatable bonds is 2. The first-order valence-electron chi connectivity index (χ1n) is 7.51. The van der Waals surface area contributed by atoms with Crippen LogP contribution in [0.15, 0.2) is 18.2 Å². The molecule has 1 atom stereocenters. The van der Waals surface area contributed by atoms with Gasteiger partial charge in [0.05, 0.1) is 0 Å². The molecule has 2 aliphatic rings. The van der Waals surface area contributed by atoms with E-state index in [1.165, 1.54) is 31.7 Å². The molecule has 0 bridgehead atoms. The van der Waals surface area contributed by atoms with E-state index in [9.17, 15) is 4.39 Å². The van der Waals surface area contributed by atoms with Crippen molar-refractivity contribution in [3.8, 4) is 0 Å². The van der Waals surface area contributed by atoms with Crippen molar-refractivity contribution in [2.24, 2.45) is 0 Å². The fourth-order valence-corrected chi connectivity index (χ4v) is 3.75. The number of benzene rings is 1. The molecule has 1 unspecified atom stereocenters. The van der Waals surface area contributed by atoms with E-state index in [0.717, 1.165) is 25.2 Å². The van der Waals surface area contributed by atoms with Gasteiger partial charge in [-0.2, -0.15) is 0 Å². The third-order valence-corrected chi connectivity index (χ3v) is 5.21. The van der Waals surface area contributed by atoms with Crippen molar-refractivity contribution in [2.75, 3.05) is 13.1 Å². The van der Waals surface area contributed by atoms with Crippen LogP contribution in [0.5, 0.6) is 0 Å². The quantitative estimate of drug-likeness (QED) is 0.897. The van der Waals surface area contributed by atoms with Crippen LogP contribution in [0.25, 0.3) is 0 Å². The Labute approximate surface area is 125 Å². The molecule has 2 fully saturated rings. The average molecular weight is 297 g/mol. The SMILES string of the molecule is CC1CNC2(CCCC2)CN1Cc1cc(F)ccc1Cl. The van der Waals surface area contributed by atoms with E-state index >= 15 is 0 Å². The summed E-state index contributed by atoms with van der Waals surface area (Å²) < 4.78 is 13.4. The third-order valence-electron chi connectivity index (χ3n) is 4.84. The molecule has 0 aromatic heterocycles. The maximum atomic E-state index is 13.4. The zero-order valence-corrected chi connectivity index (χ0v) is 12.7. The van der Waals surface area contributed by atoms with E-state index < -0.39 is 0 Å². The van der Waals surface area contributed by atoms with Gasteiger partial charge in [0.2, 0.25) is 0 Å². The molecule has 110 valence electrons. The van der Waals surface area contributed by atoms with Gasteiger partial charge in [0.15, 0.2) is 0 Å². The lowest BCUT2D eigenvalue weighted by Gasteiger charge is -2.45. The van der Waals surface area contributed by atoms with Crippen LogP contribution in [0.3, 0.4) is 0 Å². The lowest BCUT2D eigenvalue weighted by molar-refractivity contribution is 0.0826. The first-order valence-corrected chi connectivity index (χ1v) is 7.89. The van der Waals surface area contributed by atoms with Crippen LogP contribution >= 0.6 is 11.6 Å². The first-order chi connectivity index (χ1) is 9.58. The Hall–Kier alpha value is -0.640. The van der Waals surface area contributed by atoms with E-state index in [4.69, 9.17) is 11.6 Å². The van der Waals surface area contributed by atoms with Gasteiger partial charge in [0.25, 0.3) is 0 Å². The lowest BCUT2D eigenvalue weighted by atomic mass is 9.92. The Bertz CT molecular complexity index is 485. The van der Waals surface area contributed by atoms with Gasteiger partial charge < -0.3 is 5.32 Å². The number of hydrogen-bond acceptors (Lipinski definition) is 2. The van der Waals surface area contributed by atoms with Crippen LogP contribution in [-0.2, 0) is 6.54 Å². The summed E-state index contributed by atoms with van der Waals surface area (Å²) in [6.07, 6.45) is 5.14. The number of hydrogen-bond donors (Lipinski definition) is 1. The molecule has 1 N–H and O–H groups in total. The highest BCUT2D eigenvalue weighted by Gasteiger charge is 2.39. The van der Waals surface area contributed by atoms with Crippen LogP contribution in [0, 0.1) is 5.82 Å². The van der Waals surface area contributed by atoms with Gasteiger partial charge in [-0.3, -0.25) is 4.90 Å². The molecular weight excluding hydrogens is 275 g/mol. The van der Waals surface area contributed by atoms with Gasteiger partial charge in [0.1, 0.15) is 5.82 Å². The van der Waals surface area contributed by atoms with E-state index in [-0.39, 0.29) is 11.4 Å². The van der Waals surface area contributed by atoms with E-state index in [1.807, 2.05) is 0 Å². The Kier molecular flexibility index (Phi) is 4.02. The largest absolute Gasteiger partial charge is 0.308 e. The van der Waals surface area contributed by atoms with Crippen LogP contribution in [0.2, 0.25) is 5.02 Å². The number of piperazine rings is 1. The average Bonchev–Trinajstić information content (AvgIpc) is 2.87. The number of nitrogens with zero attached hydrogens (tertiary/aromatic N) is 1.